The molecule has 0 spiro atoms. The Balaban J connectivity index is 2.24. The molecule has 0 aliphatic heterocycles. The fourth-order valence-corrected chi connectivity index (χ4v) is 2.27. The first-order valence-corrected chi connectivity index (χ1v) is 7.15. The lowest BCUT2D eigenvalue weighted by atomic mass is 9.97. The van der Waals surface area contributed by atoms with E-state index in [9.17, 15) is 4.79 Å². The van der Waals surface area contributed by atoms with Crippen LogP contribution in [0.4, 0.5) is 5.69 Å². The van der Waals surface area contributed by atoms with Gasteiger partial charge >= 0.3 is 0 Å². The van der Waals surface area contributed by atoms with Crippen molar-refractivity contribution in [1.29, 1.82) is 0 Å². The highest BCUT2D eigenvalue weighted by molar-refractivity contribution is 6.31. The molecule has 0 fully saturated rings. The highest BCUT2D eigenvalue weighted by atomic mass is 35.5. The van der Waals surface area contributed by atoms with Crippen LogP contribution in [0.15, 0.2) is 48.5 Å². The first-order valence-electron chi connectivity index (χ1n) is 6.77. The average Bonchev–Trinajstić information content (AvgIpc) is 2.47. The van der Waals surface area contributed by atoms with Crippen molar-refractivity contribution < 1.29 is 4.79 Å². The minimum absolute atomic E-state index is 0.136. The number of carbonyl (C=O) groups excluding carboxylic acids is 1. The van der Waals surface area contributed by atoms with Crippen LogP contribution >= 0.6 is 11.6 Å². The maximum atomic E-state index is 12.3. The smallest absolute Gasteiger partial charge is 0.255 e. The molecule has 0 bridgehead atoms. The molecule has 3 heteroatoms. The minimum Gasteiger partial charge on any atom is -0.322 e. The van der Waals surface area contributed by atoms with Crippen molar-refractivity contribution in [2.24, 2.45) is 0 Å². The third-order valence-electron chi connectivity index (χ3n) is 3.44. The molecule has 0 saturated carbocycles. The molecule has 2 aromatic carbocycles. The minimum atomic E-state index is -0.136. The molecule has 0 heterocycles. The Labute approximate surface area is 124 Å². The fraction of sp³-hybridized carbons (Fsp3) is 0.235. The van der Waals surface area contributed by atoms with E-state index in [0.717, 1.165) is 17.7 Å². The van der Waals surface area contributed by atoms with Gasteiger partial charge in [0.25, 0.3) is 5.91 Å². The summed E-state index contributed by atoms with van der Waals surface area (Å²) in [7, 11) is 0. The summed E-state index contributed by atoms with van der Waals surface area (Å²) in [6, 6.07) is 14.9. The third kappa shape index (κ3) is 3.40. The molecule has 2 aromatic rings. The molecule has 2 rings (SSSR count). The Morgan fingerprint density at radius 3 is 2.65 bits per heavy atom. The molecule has 1 atom stereocenters. The van der Waals surface area contributed by atoms with Crippen molar-refractivity contribution in [3.05, 3.63) is 64.7 Å². The number of para-hydroxylation sites is 1. The maximum absolute atomic E-state index is 12.3. The van der Waals surface area contributed by atoms with Crippen LogP contribution < -0.4 is 5.32 Å². The number of hydrogen-bond donors (Lipinski definition) is 1. The molecule has 1 amide bonds. The highest BCUT2D eigenvalue weighted by Crippen LogP contribution is 2.27. The number of hydrogen-bond acceptors (Lipinski definition) is 1. The molecule has 0 radical (unpaired) electrons. The van der Waals surface area contributed by atoms with Crippen LogP contribution in [0, 0.1) is 0 Å². The van der Waals surface area contributed by atoms with Crippen LogP contribution in [0.3, 0.4) is 0 Å². The van der Waals surface area contributed by atoms with Gasteiger partial charge in [-0.05, 0) is 42.2 Å². The average molecular weight is 288 g/mol. The zero-order chi connectivity index (χ0) is 14.5. The van der Waals surface area contributed by atoms with Crippen LogP contribution in [0.25, 0.3) is 0 Å². The SMILES string of the molecule is CCC(C)c1ccccc1NC(=O)c1cccc(Cl)c1. The predicted molar refractivity (Wildman–Crippen MR) is 84.6 cm³/mol. The zero-order valence-corrected chi connectivity index (χ0v) is 12.4. The molecule has 0 aliphatic rings. The summed E-state index contributed by atoms with van der Waals surface area (Å²) in [5, 5.41) is 3.53. The Morgan fingerprint density at radius 2 is 1.95 bits per heavy atom. The van der Waals surface area contributed by atoms with Gasteiger partial charge in [0.05, 0.1) is 0 Å². The standard InChI is InChI=1S/C17H18ClNO/c1-3-12(2)15-9-4-5-10-16(15)19-17(20)13-7-6-8-14(18)11-13/h4-12H,3H2,1-2H3,(H,19,20). The van der Waals surface area contributed by atoms with Crippen LogP contribution in [-0.4, -0.2) is 5.91 Å². The summed E-state index contributed by atoms with van der Waals surface area (Å²) in [4.78, 5) is 12.3. The quantitative estimate of drug-likeness (QED) is 0.832. The molecule has 104 valence electrons. The Bertz CT molecular complexity index is 609. The molecular formula is C17H18ClNO. The molecule has 1 unspecified atom stereocenters. The Kier molecular flexibility index (Phi) is 4.80. The second kappa shape index (κ2) is 6.58. The molecule has 2 nitrogen and oxygen atoms in total. The molecule has 0 saturated heterocycles. The third-order valence-corrected chi connectivity index (χ3v) is 3.67. The number of benzene rings is 2. The summed E-state index contributed by atoms with van der Waals surface area (Å²) in [6.45, 7) is 4.30. The number of anilines is 1. The van der Waals surface area contributed by atoms with E-state index in [1.54, 1.807) is 24.3 Å². The summed E-state index contributed by atoms with van der Waals surface area (Å²) < 4.78 is 0. The molecular weight excluding hydrogens is 270 g/mol. The van der Waals surface area contributed by atoms with Crippen molar-refractivity contribution >= 4 is 23.2 Å². The highest BCUT2D eigenvalue weighted by Gasteiger charge is 2.12. The van der Waals surface area contributed by atoms with Gasteiger partial charge in [-0.2, -0.15) is 0 Å². The summed E-state index contributed by atoms with van der Waals surface area (Å²) in [5.41, 5.74) is 2.59. The van der Waals surface area contributed by atoms with Gasteiger partial charge in [0, 0.05) is 16.3 Å². The monoisotopic (exact) mass is 287 g/mol. The summed E-state index contributed by atoms with van der Waals surface area (Å²) in [5.74, 6) is 0.272. The normalized spacial score (nSPS) is 11.9. The van der Waals surface area contributed by atoms with E-state index in [-0.39, 0.29) is 5.91 Å². The van der Waals surface area contributed by atoms with E-state index in [4.69, 9.17) is 11.6 Å². The topological polar surface area (TPSA) is 29.1 Å². The van der Waals surface area contributed by atoms with Crippen molar-refractivity contribution in [1.82, 2.24) is 0 Å². The number of amides is 1. The number of halogens is 1. The molecule has 0 aliphatic carbocycles. The summed E-state index contributed by atoms with van der Waals surface area (Å²) >= 11 is 5.92. The van der Waals surface area contributed by atoms with E-state index < -0.39 is 0 Å². The lowest BCUT2D eigenvalue weighted by Gasteiger charge is -2.15. The predicted octanol–water partition coefficient (Wildman–Crippen LogP) is 5.11. The van der Waals surface area contributed by atoms with Crippen molar-refractivity contribution in [3.8, 4) is 0 Å². The number of carbonyl (C=O) groups is 1. The van der Waals surface area contributed by atoms with Gasteiger partial charge < -0.3 is 5.32 Å². The first-order chi connectivity index (χ1) is 9.61. The van der Waals surface area contributed by atoms with E-state index >= 15 is 0 Å². The van der Waals surface area contributed by atoms with Gasteiger partial charge in [-0.3, -0.25) is 4.79 Å². The largest absolute Gasteiger partial charge is 0.322 e. The number of rotatable bonds is 4. The Hall–Kier alpha value is -1.80. The maximum Gasteiger partial charge on any atom is 0.255 e. The second-order valence-corrected chi connectivity index (χ2v) is 5.30. The summed E-state index contributed by atoms with van der Waals surface area (Å²) in [6.07, 6.45) is 1.03. The molecule has 20 heavy (non-hydrogen) atoms. The number of nitrogens with one attached hydrogen (secondary N) is 1. The van der Waals surface area contributed by atoms with E-state index in [1.807, 2.05) is 18.2 Å². The Morgan fingerprint density at radius 1 is 1.20 bits per heavy atom. The molecule has 1 N–H and O–H groups in total. The fourth-order valence-electron chi connectivity index (χ4n) is 2.08. The van der Waals surface area contributed by atoms with Crippen LogP contribution in [0.2, 0.25) is 5.02 Å². The van der Waals surface area contributed by atoms with Crippen LogP contribution in [-0.2, 0) is 0 Å². The lowest BCUT2D eigenvalue weighted by Crippen LogP contribution is -2.13. The van der Waals surface area contributed by atoms with Crippen LogP contribution in [0.5, 0.6) is 0 Å². The van der Waals surface area contributed by atoms with Crippen molar-refractivity contribution in [2.45, 2.75) is 26.2 Å². The second-order valence-electron chi connectivity index (χ2n) is 4.86. The first kappa shape index (κ1) is 14.6. The molecule has 0 aromatic heterocycles. The van der Waals surface area contributed by atoms with Crippen molar-refractivity contribution in [3.63, 3.8) is 0 Å². The van der Waals surface area contributed by atoms with Crippen molar-refractivity contribution in [2.75, 3.05) is 5.32 Å². The van der Waals surface area contributed by atoms with Gasteiger partial charge in [0.1, 0.15) is 0 Å². The van der Waals surface area contributed by atoms with Gasteiger partial charge in [-0.1, -0.05) is 49.7 Å². The zero-order valence-electron chi connectivity index (χ0n) is 11.7. The van der Waals surface area contributed by atoms with Crippen LogP contribution in [0.1, 0.15) is 42.1 Å². The van der Waals surface area contributed by atoms with E-state index in [1.165, 1.54) is 0 Å². The van der Waals surface area contributed by atoms with Gasteiger partial charge in [0.15, 0.2) is 0 Å². The van der Waals surface area contributed by atoms with Gasteiger partial charge in [-0.25, -0.2) is 0 Å². The lowest BCUT2D eigenvalue weighted by molar-refractivity contribution is 0.102. The van der Waals surface area contributed by atoms with E-state index in [0.29, 0.717) is 16.5 Å². The van der Waals surface area contributed by atoms with E-state index in [2.05, 4.69) is 25.2 Å². The van der Waals surface area contributed by atoms with Gasteiger partial charge in [0.2, 0.25) is 0 Å². The van der Waals surface area contributed by atoms with Gasteiger partial charge in [-0.15, -0.1) is 0 Å².